The van der Waals surface area contributed by atoms with E-state index in [0.29, 0.717) is 17.1 Å². The molecule has 0 saturated heterocycles. The number of aromatic nitrogens is 2. The van der Waals surface area contributed by atoms with Crippen LogP contribution in [0.1, 0.15) is 0 Å². The first kappa shape index (κ1) is 19.1. The number of hydrogen-bond acceptors (Lipinski definition) is 5. The molecule has 0 atom stereocenters. The van der Waals surface area contributed by atoms with Crippen LogP contribution in [0, 0.1) is 0 Å². The maximum absolute atomic E-state index is 12.4. The Morgan fingerprint density at radius 2 is 1.62 bits per heavy atom. The van der Waals surface area contributed by atoms with Crippen molar-refractivity contribution in [2.45, 2.75) is 9.79 Å². The number of benzene rings is 3. The van der Waals surface area contributed by atoms with Gasteiger partial charge >= 0.3 is 5.69 Å². The van der Waals surface area contributed by atoms with Gasteiger partial charge in [0.25, 0.3) is 20.2 Å². The van der Waals surface area contributed by atoms with Crippen molar-refractivity contribution in [1.29, 1.82) is 0 Å². The molecule has 0 aliphatic heterocycles. The van der Waals surface area contributed by atoms with Crippen LogP contribution in [-0.4, -0.2) is 35.5 Å². The molecule has 12 heteroatoms. The van der Waals surface area contributed by atoms with Gasteiger partial charge in [0.2, 0.25) is 0 Å². The van der Waals surface area contributed by atoms with E-state index in [-0.39, 0.29) is 22.1 Å². The number of rotatable bonds is 3. The SMILES string of the molecule is [NH]c1ccc2c(c1)[nH]c(=O)n2-c1ccc2cc(S(=O)(=O)O)cc(S(=O)(=O)O)c2c1. The van der Waals surface area contributed by atoms with E-state index in [2.05, 4.69) is 4.98 Å². The summed E-state index contributed by atoms with van der Waals surface area (Å²) in [6.45, 7) is 0. The van der Waals surface area contributed by atoms with E-state index >= 15 is 0 Å². The number of nitrogens with one attached hydrogen (secondary N) is 2. The summed E-state index contributed by atoms with van der Waals surface area (Å²) in [4.78, 5) is 13.6. The molecule has 0 saturated carbocycles. The van der Waals surface area contributed by atoms with Crippen LogP contribution in [0.4, 0.5) is 5.69 Å². The number of nitrogens with zero attached hydrogens (tertiary/aromatic N) is 1. The third-order valence-electron chi connectivity index (χ3n) is 4.39. The van der Waals surface area contributed by atoms with Gasteiger partial charge in [-0.15, -0.1) is 0 Å². The van der Waals surface area contributed by atoms with Gasteiger partial charge in [-0.3, -0.25) is 13.7 Å². The normalized spacial score (nSPS) is 12.6. The van der Waals surface area contributed by atoms with Crippen LogP contribution in [-0.2, 0) is 20.2 Å². The molecule has 4 N–H and O–H groups in total. The molecule has 4 aromatic rings. The summed E-state index contributed by atoms with van der Waals surface area (Å²) in [7, 11) is -9.58. The lowest BCUT2D eigenvalue weighted by molar-refractivity contribution is 0.482. The summed E-state index contributed by atoms with van der Waals surface area (Å²) in [5, 5.41) is 0.0635. The average Bonchev–Trinajstić information content (AvgIpc) is 2.93. The lowest BCUT2D eigenvalue weighted by Crippen LogP contribution is -2.14. The highest BCUT2D eigenvalue weighted by atomic mass is 32.2. The summed E-state index contributed by atoms with van der Waals surface area (Å²) in [6.07, 6.45) is 0. The van der Waals surface area contributed by atoms with E-state index in [4.69, 9.17) is 5.73 Å². The second-order valence-corrected chi connectivity index (χ2v) is 9.09. The van der Waals surface area contributed by atoms with Gasteiger partial charge in [0, 0.05) is 5.39 Å². The van der Waals surface area contributed by atoms with Crippen LogP contribution < -0.4 is 11.4 Å². The van der Waals surface area contributed by atoms with Crippen molar-refractivity contribution in [3.8, 4) is 5.69 Å². The van der Waals surface area contributed by atoms with Gasteiger partial charge in [-0.05, 0) is 47.9 Å². The van der Waals surface area contributed by atoms with E-state index in [1.807, 2.05) is 0 Å². The van der Waals surface area contributed by atoms with Crippen molar-refractivity contribution in [3.05, 3.63) is 59.0 Å². The van der Waals surface area contributed by atoms with E-state index in [9.17, 15) is 30.7 Å². The van der Waals surface area contributed by atoms with E-state index in [0.717, 1.165) is 6.07 Å². The Kier molecular flexibility index (Phi) is 4.06. The minimum atomic E-state index is -4.85. The van der Waals surface area contributed by atoms with Gasteiger partial charge in [-0.25, -0.2) is 4.79 Å². The molecule has 0 amide bonds. The van der Waals surface area contributed by atoms with Gasteiger partial charge < -0.3 is 10.7 Å². The predicted octanol–water partition coefficient (Wildman–Crippen LogP) is 1.88. The zero-order valence-electron chi connectivity index (χ0n) is 14.3. The topological polar surface area (TPSA) is 170 Å². The third kappa shape index (κ3) is 3.27. The summed E-state index contributed by atoms with van der Waals surface area (Å²) in [6, 6.07) is 10.3. The minimum absolute atomic E-state index is 0.0456. The molecule has 10 nitrogen and oxygen atoms in total. The van der Waals surface area contributed by atoms with Gasteiger partial charge in [0.1, 0.15) is 4.90 Å². The Balaban J connectivity index is 2.08. The van der Waals surface area contributed by atoms with Gasteiger partial charge in [-0.1, -0.05) is 6.07 Å². The molecule has 149 valence electrons. The van der Waals surface area contributed by atoms with Crippen LogP contribution in [0.5, 0.6) is 0 Å². The minimum Gasteiger partial charge on any atom is -0.305 e. The molecule has 0 bridgehead atoms. The molecule has 0 fully saturated rings. The zero-order chi connectivity index (χ0) is 21.1. The van der Waals surface area contributed by atoms with Crippen LogP contribution in [0.25, 0.3) is 27.5 Å². The molecule has 1 aromatic heterocycles. The molecule has 29 heavy (non-hydrogen) atoms. The number of H-pyrrole nitrogens is 1. The van der Waals surface area contributed by atoms with Crippen molar-refractivity contribution >= 4 is 47.7 Å². The van der Waals surface area contributed by atoms with Gasteiger partial charge in [-0.2, -0.15) is 16.8 Å². The van der Waals surface area contributed by atoms with Crippen molar-refractivity contribution in [2.75, 3.05) is 0 Å². The fraction of sp³-hybridized carbons (Fsp3) is 0. The highest BCUT2D eigenvalue weighted by Gasteiger charge is 2.21. The standard InChI is InChI=1S/C17H12N3O7S2/c18-10-2-4-15-14(6-10)19-17(21)20(15)11-3-1-9-5-12(28(22,23)24)8-16(13(9)7-11)29(25,26)27/h1-8,18H,(H,19,21)(H,22,23,24)(H,25,26,27). The molecule has 4 rings (SSSR count). The first-order valence-electron chi connectivity index (χ1n) is 7.95. The summed E-state index contributed by atoms with van der Waals surface area (Å²) in [5.41, 5.74) is 8.38. The highest BCUT2D eigenvalue weighted by molar-refractivity contribution is 7.86. The van der Waals surface area contributed by atoms with E-state index < -0.39 is 35.7 Å². The third-order valence-corrected chi connectivity index (χ3v) is 6.11. The Hall–Kier alpha value is -3.19. The smallest absolute Gasteiger partial charge is 0.305 e. The summed E-state index contributed by atoms with van der Waals surface area (Å²) >= 11 is 0. The first-order valence-corrected chi connectivity index (χ1v) is 10.8. The fourth-order valence-electron chi connectivity index (χ4n) is 3.15. The highest BCUT2D eigenvalue weighted by Crippen LogP contribution is 2.30. The molecular formula is C17H12N3O7S2. The lowest BCUT2D eigenvalue weighted by atomic mass is 10.1. The predicted molar refractivity (Wildman–Crippen MR) is 104 cm³/mol. The van der Waals surface area contributed by atoms with Crippen LogP contribution in [0.2, 0.25) is 0 Å². The Morgan fingerprint density at radius 1 is 0.897 bits per heavy atom. The van der Waals surface area contributed by atoms with Crippen LogP contribution >= 0.6 is 0 Å². The number of imidazole rings is 1. The second kappa shape index (κ2) is 6.15. The zero-order valence-corrected chi connectivity index (χ0v) is 16.0. The first-order chi connectivity index (χ1) is 13.4. The van der Waals surface area contributed by atoms with Crippen molar-refractivity contribution in [2.24, 2.45) is 0 Å². The average molecular weight is 434 g/mol. The lowest BCUT2D eigenvalue weighted by Gasteiger charge is -2.10. The molecule has 0 spiro atoms. The number of aromatic amines is 1. The number of fused-ring (bicyclic) bond motifs is 2. The molecular weight excluding hydrogens is 422 g/mol. The molecule has 0 unspecified atom stereocenters. The van der Waals surface area contributed by atoms with Gasteiger partial charge in [0.05, 0.1) is 27.3 Å². The summed E-state index contributed by atoms with van der Waals surface area (Å²) < 4.78 is 66.6. The van der Waals surface area contributed by atoms with Crippen molar-refractivity contribution in [1.82, 2.24) is 15.3 Å². The molecule has 0 aliphatic rings. The molecule has 3 aromatic carbocycles. The Morgan fingerprint density at radius 3 is 2.28 bits per heavy atom. The second-order valence-electron chi connectivity index (χ2n) is 6.27. The quantitative estimate of drug-likeness (QED) is 0.413. The molecule has 0 aliphatic carbocycles. The largest absolute Gasteiger partial charge is 0.331 e. The summed E-state index contributed by atoms with van der Waals surface area (Å²) in [5.74, 6) is 0. The Labute approximate surface area is 163 Å². The maximum Gasteiger partial charge on any atom is 0.331 e. The van der Waals surface area contributed by atoms with Gasteiger partial charge in [0.15, 0.2) is 0 Å². The van der Waals surface area contributed by atoms with Crippen molar-refractivity contribution in [3.63, 3.8) is 0 Å². The monoisotopic (exact) mass is 434 g/mol. The van der Waals surface area contributed by atoms with E-state index in [1.165, 1.54) is 34.9 Å². The maximum atomic E-state index is 12.4. The molecule has 1 radical (unpaired) electrons. The molecule has 1 heterocycles. The fourth-order valence-corrected chi connectivity index (χ4v) is 4.50. The van der Waals surface area contributed by atoms with Crippen molar-refractivity contribution < 1.29 is 25.9 Å². The van der Waals surface area contributed by atoms with Crippen LogP contribution in [0.15, 0.2) is 63.1 Å². The number of hydrogen-bond donors (Lipinski definition) is 3. The van der Waals surface area contributed by atoms with E-state index in [1.54, 1.807) is 6.07 Å². The Bertz CT molecular complexity index is 1580. The van der Waals surface area contributed by atoms with Crippen LogP contribution in [0.3, 0.4) is 0 Å².